The van der Waals surface area contributed by atoms with Gasteiger partial charge in [-0.15, -0.1) is 6.58 Å². The molecule has 1 aromatic carbocycles. The molecule has 0 saturated carbocycles. The highest BCUT2D eigenvalue weighted by atomic mass is 32.2. The Kier molecular flexibility index (Phi) is 2.36. The van der Waals surface area contributed by atoms with E-state index in [-0.39, 0.29) is 0 Å². The molecule has 0 unspecified atom stereocenters. The number of rotatable bonds is 3. The summed E-state index contributed by atoms with van der Waals surface area (Å²) in [6.07, 6.45) is 3.73. The zero-order valence-corrected chi connectivity index (χ0v) is 8.00. The Morgan fingerprint density at radius 1 is 1.46 bits per heavy atom. The fraction of sp³-hybridized carbons (Fsp3) is 0.100. The van der Waals surface area contributed by atoms with Crippen LogP contribution in [0.4, 0.5) is 0 Å². The molecule has 0 N–H and O–H groups in total. The summed E-state index contributed by atoms with van der Waals surface area (Å²) in [6.45, 7) is 3.69. The number of hydrogen-bond acceptors (Lipinski definition) is 2. The monoisotopic (exact) mass is 190 g/mol. The van der Waals surface area contributed by atoms with Crippen molar-refractivity contribution in [3.05, 3.63) is 43.2 Å². The van der Waals surface area contributed by atoms with Crippen LogP contribution in [0.15, 0.2) is 43.2 Å². The highest BCUT2D eigenvalue weighted by Gasteiger charge is 1.99. The van der Waals surface area contributed by atoms with Crippen molar-refractivity contribution >= 4 is 23.0 Å². The zero-order chi connectivity index (χ0) is 9.10. The van der Waals surface area contributed by atoms with Crippen LogP contribution in [0.5, 0.6) is 0 Å². The maximum absolute atomic E-state index is 4.28. The van der Waals surface area contributed by atoms with Gasteiger partial charge in [0.15, 0.2) is 0 Å². The quantitative estimate of drug-likeness (QED) is 0.692. The summed E-state index contributed by atoms with van der Waals surface area (Å²) >= 11 is 1.69. The number of hydrogen-bond donors (Lipinski definition) is 0. The Hall–Kier alpha value is -1.22. The minimum atomic E-state index is 0.903. The van der Waals surface area contributed by atoms with Gasteiger partial charge in [-0.3, -0.25) is 3.97 Å². The van der Waals surface area contributed by atoms with E-state index in [0.29, 0.717) is 0 Å². The Balaban J connectivity index is 2.40. The van der Waals surface area contributed by atoms with Gasteiger partial charge >= 0.3 is 0 Å². The fourth-order valence-corrected chi connectivity index (χ4v) is 1.85. The first kappa shape index (κ1) is 8.38. The van der Waals surface area contributed by atoms with Crippen molar-refractivity contribution in [2.24, 2.45) is 0 Å². The van der Waals surface area contributed by atoms with Crippen LogP contribution in [-0.2, 0) is 0 Å². The topological polar surface area (TPSA) is 17.8 Å². The van der Waals surface area contributed by atoms with Crippen molar-refractivity contribution in [3.8, 4) is 0 Å². The second-order valence-electron chi connectivity index (χ2n) is 2.64. The van der Waals surface area contributed by atoms with Gasteiger partial charge in [-0.25, -0.2) is 4.98 Å². The van der Waals surface area contributed by atoms with Crippen LogP contribution in [0.25, 0.3) is 11.0 Å². The van der Waals surface area contributed by atoms with Gasteiger partial charge in [-0.1, -0.05) is 18.2 Å². The summed E-state index contributed by atoms with van der Waals surface area (Å²) < 4.78 is 2.07. The summed E-state index contributed by atoms with van der Waals surface area (Å²) in [7, 11) is 0. The second-order valence-corrected chi connectivity index (χ2v) is 3.63. The van der Waals surface area contributed by atoms with Crippen molar-refractivity contribution < 1.29 is 0 Å². The van der Waals surface area contributed by atoms with E-state index in [1.54, 1.807) is 11.9 Å². The molecular formula is C10H10N2S. The summed E-state index contributed by atoms with van der Waals surface area (Å²) in [5.41, 5.74) is 2.20. The second kappa shape index (κ2) is 3.66. The van der Waals surface area contributed by atoms with Crippen molar-refractivity contribution in [3.63, 3.8) is 0 Å². The normalized spacial score (nSPS) is 10.5. The Labute approximate surface area is 81.4 Å². The molecule has 13 heavy (non-hydrogen) atoms. The number of para-hydroxylation sites is 2. The smallest absolute Gasteiger partial charge is 0.106 e. The van der Waals surface area contributed by atoms with Crippen LogP contribution >= 0.6 is 11.9 Å². The highest BCUT2D eigenvalue weighted by molar-refractivity contribution is 7.98. The first-order chi connectivity index (χ1) is 6.42. The minimum Gasteiger partial charge on any atom is -0.272 e. The molecule has 0 spiro atoms. The molecule has 0 fully saturated rings. The summed E-state index contributed by atoms with van der Waals surface area (Å²) in [4.78, 5) is 4.28. The van der Waals surface area contributed by atoms with Crippen molar-refractivity contribution in [1.29, 1.82) is 0 Å². The van der Waals surface area contributed by atoms with E-state index in [0.717, 1.165) is 16.8 Å². The van der Waals surface area contributed by atoms with Gasteiger partial charge in [-0.05, 0) is 24.1 Å². The molecule has 66 valence electrons. The van der Waals surface area contributed by atoms with Gasteiger partial charge in [0, 0.05) is 5.75 Å². The van der Waals surface area contributed by atoms with Crippen LogP contribution in [-0.4, -0.2) is 14.7 Å². The Morgan fingerprint density at radius 3 is 3.15 bits per heavy atom. The SMILES string of the molecule is C=CCSn1cnc2ccccc21. The largest absolute Gasteiger partial charge is 0.272 e. The Bertz CT molecular complexity index is 420. The van der Waals surface area contributed by atoms with E-state index < -0.39 is 0 Å². The van der Waals surface area contributed by atoms with Crippen molar-refractivity contribution in [2.75, 3.05) is 5.75 Å². The molecule has 2 nitrogen and oxygen atoms in total. The van der Waals surface area contributed by atoms with Crippen molar-refractivity contribution in [1.82, 2.24) is 8.96 Å². The van der Waals surface area contributed by atoms with Crippen LogP contribution < -0.4 is 0 Å². The van der Waals surface area contributed by atoms with Gasteiger partial charge in [0.2, 0.25) is 0 Å². The number of benzene rings is 1. The van der Waals surface area contributed by atoms with Crippen molar-refractivity contribution in [2.45, 2.75) is 0 Å². The van der Waals surface area contributed by atoms with Crippen LogP contribution in [0, 0.1) is 0 Å². The van der Waals surface area contributed by atoms with E-state index in [9.17, 15) is 0 Å². The molecule has 2 rings (SSSR count). The molecule has 0 amide bonds. The van der Waals surface area contributed by atoms with E-state index in [2.05, 4.69) is 21.6 Å². The third kappa shape index (κ3) is 1.60. The Morgan fingerprint density at radius 2 is 2.31 bits per heavy atom. The van der Waals surface area contributed by atoms with Crippen LogP contribution in [0.3, 0.4) is 0 Å². The summed E-state index contributed by atoms with van der Waals surface area (Å²) in [5, 5.41) is 0. The molecule has 0 aliphatic carbocycles. The van der Waals surface area contributed by atoms with Gasteiger partial charge in [-0.2, -0.15) is 0 Å². The molecule has 2 aromatic rings. The third-order valence-electron chi connectivity index (χ3n) is 1.75. The van der Waals surface area contributed by atoms with Gasteiger partial charge in [0.05, 0.1) is 11.0 Å². The molecule has 1 aromatic heterocycles. The molecule has 1 heterocycles. The van der Waals surface area contributed by atoms with E-state index >= 15 is 0 Å². The maximum Gasteiger partial charge on any atom is 0.106 e. The van der Waals surface area contributed by atoms with Gasteiger partial charge in [0.25, 0.3) is 0 Å². The predicted molar refractivity (Wildman–Crippen MR) is 57.8 cm³/mol. The molecule has 0 saturated heterocycles. The minimum absolute atomic E-state index is 0.903. The number of nitrogens with zero attached hydrogens (tertiary/aromatic N) is 2. The average molecular weight is 190 g/mol. The average Bonchev–Trinajstić information content (AvgIpc) is 2.58. The molecule has 0 atom stereocenters. The molecule has 0 radical (unpaired) electrons. The third-order valence-corrected chi connectivity index (χ3v) is 2.71. The van der Waals surface area contributed by atoms with Gasteiger partial charge in [0.1, 0.15) is 6.33 Å². The lowest BCUT2D eigenvalue weighted by Gasteiger charge is -1.98. The lowest BCUT2D eigenvalue weighted by Crippen LogP contribution is -1.84. The summed E-state index contributed by atoms with van der Waals surface area (Å²) in [5.74, 6) is 0.903. The molecule has 0 aliphatic heterocycles. The predicted octanol–water partition coefficient (Wildman–Crippen LogP) is 2.72. The van der Waals surface area contributed by atoms with Crippen LogP contribution in [0.2, 0.25) is 0 Å². The maximum atomic E-state index is 4.28. The number of aromatic nitrogens is 2. The molecule has 0 bridgehead atoms. The van der Waals surface area contributed by atoms with E-state index in [1.807, 2.05) is 30.6 Å². The highest BCUT2D eigenvalue weighted by Crippen LogP contribution is 2.17. The number of imidazole rings is 1. The molecule has 3 heteroatoms. The van der Waals surface area contributed by atoms with E-state index in [4.69, 9.17) is 0 Å². The van der Waals surface area contributed by atoms with Crippen LogP contribution in [0.1, 0.15) is 0 Å². The fourth-order valence-electron chi connectivity index (χ4n) is 1.17. The lowest BCUT2D eigenvalue weighted by atomic mass is 10.3. The molecular weight excluding hydrogens is 180 g/mol. The first-order valence-corrected chi connectivity index (χ1v) is 5.02. The first-order valence-electron chi connectivity index (χ1n) is 4.08. The zero-order valence-electron chi connectivity index (χ0n) is 7.18. The molecule has 0 aliphatic rings. The standard InChI is InChI=1S/C10H10N2S/c1-2-7-13-12-8-11-9-5-3-4-6-10(9)12/h2-6,8H,1,7H2. The van der Waals surface area contributed by atoms with Gasteiger partial charge < -0.3 is 0 Å². The number of fused-ring (bicyclic) bond motifs is 1. The van der Waals surface area contributed by atoms with E-state index in [1.165, 1.54) is 0 Å². The summed E-state index contributed by atoms with van der Waals surface area (Å²) in [6, 6.07) is 8.10. The lowest BCUT2D eigenvalue weighted by molar-refractivity contribution is 1.26.